The van der Waals surface area contributed by atoms with Gasteiger partial charge in [0, 0.05) is 18.0 Å². The summed E-state index contributed by atoms with van der Waals surface area (Å²) >= 11 is 0. The number of aryl methyl sites for hydroxylation is 1. The summed E-state index contributed by atoms with van der Waals surface area (Å²) in [4.78, 5) is 17.1. The average Bonchev–Trinajstić information content (AvgIpc) is 3.00. The van der Waals surface area contributed by atoms with Gasteiger partial charge in [0.25, 0.3) is 0 Å². The molecule has 9 heteroatoms. The first-order valence-corrected chi connectivity index (χ1v) is 7.89. The second-order valence-corrected chi connectivity index (χ2v) is 5.71. The Morgan fingerprint density at radius 3 is 2.52 bits per heavy atom. The minimum atomic E-state index is -4.80. The summed E-state index contributed by atoms with van der Waals surface area (Å²) in [6, 6.07) is 10.2. The lowest BCUT2D eigenvalue weighted by molar-refractivity contribution is -0.274. The number of pyridine rings is 3. The van der Waals surface area contributed by atoms with Crippen molar-refractivity contribution < 1.29 is 17.9 Å². The van der Waals surface area contributed by atoms with Crippen LogP contribution >= 0.6 is 0 Å². The van der Waals surface area contributed by atoms with E-state index in [1.54, 1.807) is 35.2 Å². The highest BCUT2D eigenvalue weighted by Crippen LogP contribution is 2.30. The van der Waals surface area contributed by atoms with E-state index in [-0.39, 0.29) is 5.52 Å². The van der Waals surface area contributed by atoms with Crippen LogP contribution in [-0.2, 0) is 0 Å². The van der Waals surface area contributed by atoms with Crippen molar-refractivity contribution in [1.29, 1.82) is 0 Å². The fraction of sp³-hybridized carbons (Fsp3) is 0.111. The molecule has 136 valence electrons. The molecule has 0 amide bonds. The molecule has 0 saturated carbocycles. The maximum atomic E-state index is 12.5. The van der Waals surface area contributed by atoms with E-state index >= 15 is 0 Å². The normalized spacial score (nSPS) is 11.7. The molecular formula is C18H12F3N5O. The number of alkyl halides is 3. The molecule has 0 spiro atoms. The molecule has 4 heterocycles. The van der Waals surface area contributed by atoms with Crippen molar-refractivity contribution in [1.82, 2.24) is 24.5 Å². The fourth-order valence-corrected chi connectivity index (χ4v) is 2.64. The number of fused-ring (bicyclic) bond motifs is 1. The van der Waals surface area contributed by atoms with Crippen LogP contribution in [0.1, 0.15) is 5.69 Å². The molecule has 0 N–H and O–H groups in total. The van der Waals surface area contributed by atoms with Gasteiger partial charge in [-0.3, -0.25) is 14.5 Å². The maximum absolute atomic E-state index is 12.5. The van der Waals surface area contributed by atoms with E-state index in [0.717, 1.165) is 11.9 Å². The van der Waals surface area contributed by atoms with E-state index in [1.165, 1.54) is 6.07 Å². The lowest BCUT2D eigenvalue weighted by Crippen LogP contribution is -2.17. The number of nitrogens with zero attached hydrogens (tertiary/aromatic N) is 5. The summed E-state index contributed by atoms with van der Waals surface area (Å²) in [5.41, 5.74) is 2.67. The Balaban J connectivity index is 1.93. The second kappa shape index (κ2) is 6.35. The standard InChI is InChI=1S/C18H12F3N5O/c1-11-5-6-12(9-23-11)26-16-15(8-13(10-24-16)27-18(19,20)21)25-17(26)14-4-2-3-7-22-14/h2-10H,1H3. The third kappa shape index (κ3) is 3.43. The van der Waals surface area contributed by atoms with Crippen molar-refractivity contribution in [3.63, 3.8) is 0 Å². The number of imidazole rings is 1. The molecule has 6 nitrogen and oxygen atoms in total. The fourth-order valence-electron chi connectivity index (χ4n) is 2.64. The van der Waals surface area contributed by atoms with Gasteiger partial charge in [0.05, 0.1) is 18.1 Å². The minimum Gasteiger partial charge on any atom is -0.404 e. The molecule has 4 aromatic heterocycles. The summed E-state index contributed by atoms with van der Waals surface area (Å²) < 4.78 is 43.1. The Bertz CT molecular complexity index is 1090. The van der Waals surface area contributed by atoms with E-state index in [2.05, 4.69) is 24.7 Å². The highest BCUT2D eigenvalue weighted by Gasteiger charge is 2.31. The number of rotatable bonds is 3. The predicted octanol–water partition coefficient (Wildman–Crippen LogP) is 4.08. The first kappa shape index (κ1) is 17.0. The number of ether oxygens (including phenoxy) is 1. The molecule has 27 heavy (non-hydrogen) atoms. The average molecular weight is 371 g/mol. The minimum absolute atomic E-state index is 0.248. The highest BCUT2D eigenvalue weighted by molar-refractivity contribution is 5.80. The van der Waals surface area contributed by atoms with Crippen LogP contribution in [0.4, 0.5) is 13.2 Å². The van der Waals surface area contributed by atoms with Crippen LogP contribution < -0.4 is 4.74 Å². The van der Waals surface area contributed by atoms with Crippen LogP contribution in [-0.4, -0.2) is 30.9 Å². The van der Waals surface area contributed by atoms with Crippen molar-refractivity contribution in [2.45, 2.75) is 13.3 Å². The number of aromatic nitrogens is 5. The molecular weight excluding hydrogens is 359 g/mol. The van der Waals surface area contributed by atoms with E-state index in [1.807, 2.05) is 19.1 Å². The van der Waals surface area contributed by atoms with Gasteiger partial charge >= 0.3 is 6.36 Å². The molecule has 0 saturated heterocycles. The zero-order valence-electron chi connectivity index (χ0n) is 14.0. The molecule has 0 atom stereocenters. The van der Waals surface area contributed by atoms with Crippen molar-refractivity contribution in [3.8, 4) is 23.0 Å². The zero-order valence-corrected chi connectivity index (χ0v) is 14.0. The van der Waals surface area contributed by atoms with Gasteiger partial charge in [-0.05, 0) is 31.2 Å². The molecule has 0 unspecified atom stereocenters. The summed E-state index contributed by atoms with van der Waals surface area (Å²) in [6.45, 7) is 1.86. The van der Waals surface area contributed by atoms with Gasteiger partial charge < -0.3 is 4.74 Å². The molecule has 0 radical (unpaired) electrons. The third-order valence-corrected chi connectivity index (χ3v) is 3.75. The maximum Gasteiger partial charge on any atom is 0.573 e. The van der Waals surface area contributed by atoms with Gasteiger partial charge in [-0.25, -0.2) is 9.97 Å². The predicted molar refractivity (Wildman–Crippen MR) is 91.3 cm³/mol. The second-order valence-electron chi connectivity index (χ2n) is 5.71. The Labute approximate surface area is 151 Å². The summed E-state index contributed by atoms with van der Waals surface area (Å²) in [5.74, 6) is 0.00200. The van der Waals surface area contributed by atoms with Crippen LogP contribution in [0.25, 0.3) is 28.4 Å². The van der Waals surface area contributed by atoms with E-state index in [0.29, 0.717) is 22.9 Å². The van der Waals surface area contributed by atoms with Gasteiger partial charge in [0.1, 0.15) is 17.0 Å². The molecule has 4 rings (SSSR count). The van der Waals surface area contributed by atoms with Crippen molar-refractivity contribution in [2.75, 3.05) is 0 Å². The molecule has 4 aromatic rings. The molecule has 0 aliphatic rings. The molecule has 0 aliphatic carbocycles. The van der Waals surface area contributed by atoms with Crippen molar-refractivity contribution in [3.05, 3.63) is 60.7 Å². The lowest BCUT2D eigenvalue weighted by atomic mass is 10.3. The van der Waals surface area contributed by atoms with E-state index < -0.39 is 12.1 Å². The van der Waals surface area contributed by atoms with Crippen LogP contribution in [0, 0.1) is 6.92 Å². The van der Waals surface area contributed by atoms with E-state index in [4.69, 9.17) is 0 Å². The smallest absolute Gasteiger partial charge is 0.404 e. The Hall–Kier alpha value is -3.49. The van der Waals surface area contributed by atoms with Gasteiger partial charge in [0.2, 0.25) is 0 Å². The van der Waals surface area contributed by atoms with Crippen LogP contribution in [0.3, 0.4) is 0 Å². The molecule has 0 aliphatic heterocycles. The van der Waals surface area contributed by atoms with Crippen molar-refractivity contribution in [2.24, 2.45) is 0 Å². The first-order chi connectivity index (χ1) is 12.9. The molecule has 0 fully saturated rings. The largest absolute Gasteiger partial charge is 0.573 e. The van der Waals surface area contributed by atoms with Crippen LogP contribution in [0.5, 0.6) is 5.75 Å². The quantitative estimate of drug-likeness (QED) is 0.543. The van der Waals surface area contributed by atoms with Crippen molar-refractivity contribution >= 4 is 11.2 Å². The lowest BCUT2D eigenvalue weighted by Gasteiger charge is -2.09. The Kier molecular flexibility index (Phi) is 3.98. The number of halogens is 3. The summed E-state index contributed by atoms with van der Waals surface area (Å²) in [6.07, 6.45) is -0.539. The Morgan fingerprint density at radius 1 is 1.00 bits per heavy atom. The van der Waals surface area contributed by atoms with Gasteiger partial charge in [-0.1, -0.05) is 6.07 Å². The zero-order chi connectivity index (χ0) is 19.0. The van der Waals surface area contributed by atoms with Crippen LogP contribution in [0.2, 0.25) is 0 Å². The molecule has 0 bridgehead atoms. The van der Waals surface area contributed by atoms with Gasteiger partial charge in [-0.15, -0.1) is 13.2 Å². The SMILES string of the molecule is Cc1ccc(-n2c(-c3ccccn3)nc3cc(OC(F)(F)F)cnc32)cn1. The van der Waals surface area contributed by atoms with Crippen LogP contribution in [0.15, 0.2) is 55.0 Å². The first-order valence-electron chi connectivity index (χ1n) is 7.89. The molecule has 0 aromatic carbocycles. The van der Waals surface area contributed by atoms with Gasteiger partial charge in [0.15, 0.2) is 11.5 Å². The topological polar surface area (TPSA) is 65.7 Å². The third-order valence-electron chi connectivity index (χ3n) is 3.75. The number of hydrogen-bond donors (Lipinski definition) is 0. The Morgan fingerprint density at radius 2 is 1.85 bits per heavy atom. The summed E-state index contributed by atoms with van der Waals surface area (Å²) in [7, 11) is 0. The highest BCUT2D eigenvalue weighted by atomic mass is 19.4. The van der Waals surface area contributed by atoms with Gasteiger partial charge in [-0.2, -0.15) is 0 Å². The monoisotopic (exact) mass is 371 g/mol. The van der Waals surface area contributed by atoms with E-state index in [9.17, 15) is 13.2 Å². The summed E-state index contributed by atoms with van der Waals surface area (Å²) in [5, 5.41) is 0. The number of hydrogen-bond acceptors (Lipinski definition) is 5.